The van der Waals surface area contributed by atoms with E-state index in [4.69, 9.17) is 9.15 Å². The Morgan fingerprint density at radius 2 is 1.72 bits per heavy atom. The molecule has 8 heteroatoms. The molecule has 43 heavy (non-hydrogen) atoms. The SMILES string of the molecule is CCCCCCCCCCCCCCOc1cccc(F)c1CN1c2ccc(C(=O)NCc3ccco3)cc2SCC1O. The van der Waals surface area contributed by atoms with Gasteiger partial charge in [0.15, 0.2) is 0 Å². The predicted octanol–water partition coefficient (Wildman–Crippen LogP) is 8.86. The Morgan fingerprint density at radius 3 is 2.42 bits per heavy atom. The van der Waals surface area contributed by atoms with Crippen molar-refractivity contribution >= 4 is 23.4 Å². The molecule has 0 spiro atoms. The minimum Gasteiger partial charge on any atom is -0.493 e. The first kappa shape index (κ1) is 32.9. The molecule has 0 saturated heterocycles. The van der Waals surface area contributed by atoms with Crippen molar-refractivity contribution in [3.05, 3.63) is 77.5 Å². The van der Waals surface area contributed by atoms with Gasteiger partial charge >= 0.3 is 0 Å². The highest BCUT2D eigenvalue weighted by Gasteiger charge is 2.28. The molecule has 1 aromatic heterocycles. The zero-order valence-electron chi connectivity index (χ0n) is 25.5. The summed E-state index contributed by atoms with van der Waals surface area (Å²) < 4.78 is 26.4. The molecule has 6 nitrogen and oxygen atoms in total. The van der Waals surface area contributed by atoms with Gasteiger partial charge in [0.05, 0.1) is 31.6 Å². The van der Waals surface area contributed by atoms with E-state index in [0.29, 0.717) is 41.5 Å². The maximum atomic E-state index is 15.1. The number of carbonyl (C=O) groups excluding carboxylic acids is 1. The van der Waals surface area contributed by atoms with Gasteiger partial charge in [-0.15, -0.1) is 11.8 Å². The van der Waals surface area contributed by atoms with Crippen LogP contribution in [-0.4, -0.2) is 29.6 Å². The van der Waals surface area contributed by atoms with E-state index >= 15 is 4.39 Å². The molecule has 1 aliphatic heterocycles. The first-order valence-corrected chi connectivity index (χ1v) is 17.0. The molecule has 0 bridgehead atoms. The molecule has 0 aliphatic carbocycles. The second-order valence-electron chi connectivity index (χ2n) is 11.3. The maximum Gasteiger partial charge on any atom is 0.251 e. The van der Waals surface area contributed by atoms with E-state index in [1.807, 2.05) is 18.2 Å². The molecule has 4 rings (SSSR count). The van der Waals surface area contributed by atoms with Crippen molar-refractivity contribution in [3.8, 4) is 5.75 Å². The van der Waals surface area contributed by atoms with Crippen LogP contribution in [0.2, 0.25) is 0 Å². The van der Waals surface area contributed by atoms with Crippen molar-refractivity contribution in [2.24, 2.45) is 0 Å². The third kappa shape index (κ3) is 10.3. The lowest BCUT2D eigenvalue weighted by Crippen LogP contribution is -2.39. The highest BCUT2D eigenvalue weighted by molar-refractivity contribution is 7.99. The van der Waals surface area contributed by atoms with Crippen molar-refractivity contribution in [1.29, 1.82) is 0 Å². The van der Waals surface area contributed by atoms with Gasteiger partial charge in [-0.1, -0.05) is 83.6 Å². The Bertz CT molecular complexity index is 1250. The Balaban J connectivity index is 1.26. The topological polar surface area (TPSA) is 74.9 Å². The van der Waals surface area contributed by atoms with Crippen LogP contribution in [0.4, 0.5) is 10.1 Å². The summed E-state index contributed by atoms with van der Waals surface area (Å²) in [4.78, 5) is 15.4. The second kappa shape index (κ2) is 18.0. The van der Waals surface area contributed by atoms with Gasteiger partial charge in [0, 0.05) is 21.8 Å². The van der Waals surface area contributed by atoms with Gasteiger partial charge in [0.2, 0.25) is 0 Å². The van der Waals surface area contributed by atoms with Gasteiger partial charge in [-0.3, -0.25) is 4.79 Å². The van der Waals surface area contributed by atoms with Crippen LogP contribution in [-0.2, 0) is 13.1 Å². The van der Waals surface area contributed by atoms with Crippen LogP contribution >= 0.6 is 11.8 Å². The van der Waals surface area contributed by atoms with Gasteiger partial charge in [-0.25, -0.2) is 4.39 Å². The zero-order valence-corrected chi connectivity index (χ0v) is 26.3. The number of hydrogen-bond acceptors (Lipinski definition) is 6. The van der Waals surface area contributed by atoms with Gasteiger partial charge < -0.3 is 24.5 Å². The van der Waals surface area contributed by atoms with Crippen LogP contribution in [0.25, 0.3) is 0 Å². The molecule has 1 atom stereocenters. The molecule has 2 heterocycles. The number of carbonyl (C=O) groups is 1. The summed E-state index contributed by atoms with van der Waals surface area (Å²) in [6, 6.07) is 13.9. The maximum absolute atomic E-state index is 15.1. The standard InChI is InChI=1S/C35H47FN2O4S/c1-2-3-4-5-6-7-8-9-10-11-12-13-21-42-32-18-14-17-30(36)29(32)25-38-31-20-19-27(23-33(31)43-26-34(38)39)35(40)37-24-28-16-15-22-41-28/h14-20,22-23,34,39H,2-13,21,24-26H2,1H3,(H,37,40). The highest BCUT2D eigenvalue weighted by Crippen LogP contribution is 2.39. The van der Waals surface area contributed by atoms with E-state index in [1.54, 1.807) is 35.4 Å². The number of amides is 1. The summed E-state index contributed by atoms with van der Waals surface area (Å²) in [5, 5.41) is 13.7. The van der Waals surface area contributed by atoms with Crippen molar-refractivity contribution in [1.82, 2.24) is 5.32 Å². The van der Waals surface area contributed by atoms with Crippen molar-refractivity contribution in [2.75, 3.05) is 17.3 Å². The number of benzene rings is 2. The summed E-state index contributed by atoms with van der Waals surface area (Å²) in [5.74, 6) is 1.04. The first-order chi connectivity index (χ1) is 21.1. The summed E-state index contributed by atoms with van der Waals surface area (Å²) >= 11 is 1.48. The van der Waals surface area contributed by atoms with E-state index in [1.165, 1.54) is 82.0 Å². The number of unbranched alkanes of at least 4 members (excludes halogenated alkanes) is 11. The quantitative estimate of drug-likeness (QED) is 0.132. The summed E-state index contributed by atoms with van der Waals surface area (Å²) in [6.45, 7) is 3.27. The smallest absolute Gasteiger partial charge is 0.251 e. The Labute approximate surface area is 260 Å². The van der Waals surface area contributed by atoms with Gasteiger partial charge in [-0.05, 0) is 48.9 Å². The van der Waals surface area contributed by atoms with Crippen LogP contribution in [0.15, 0.2) is 64.1 Å². The minimum atomic E-state index is -0.792. The van der Waals surface area contributed by atoms with Crippen molar-refractivity contribution < 1.29 is 23.4 Å². The number of ether oxygens (including phenoxy) is 1. The van der Waals surface area contributed by atoms with E-state index < -0.39 is 6.23 Å². The summed E-state index contributed by atoms with van der Waals surface area (Å²) in [6.07, 6.45) is 16.1. The number of anilines is 1. The van der Waals surface area contributed by atoms with E-state index in [9.17, 15) is 9.90 Å². The number of halogens is 1. The number of nitrogens with zero attached hydrogens (tertiary/aromatic N) is 1. The molecule has 2 N–H and O–H groups in total. The number of aliphatic hydroxyl groups excluding tert-OH is 1. The minimum absolute atomic E-state index is 0.166. The number of thioether (sulfide) groups is 1. The molecule has 1 amide bonds. The van der Waals surface area contributed by atoms with Crippen LogP contribution in [0.3, 0.4) is 0 Å². The molecule has 0 saturated carbocycles. The summed E-state index contributed by atoms with van der Waals surface area (Å²) in [5.41, 5.74) is 1.71. The molecular formula is C35H47FN2O4S. The molecule has 0 radical (unpaired) electrons. The molecule has 234 valence electrons. The number of nitrogens with one attached hydrogen (secondary N) is 1. The molecule has 3 aromatic rings. The largest absolute Gasteiger partial charge is 0.493 e. The third-order valence-corrected chi connectivity index (χ3v) is 9.04. The number of furan rings is 1. The normalized spacial score (nSPS) is 14.5. The molecular weight excluding hydrogens is 563 g/mol. The fourth-order valence-corrected chi connectivity index (χ4v) is 6.47. The molecule has 1 aliphatic rings. The van der Waals surface area contributed by atoms with Gasteiger partial charge in [0.1, 0.15) is 23.6 Å². The summed E-state index contributed by atoms with van der Waals surface area (Å²) in [7, 11) is 0. The second-order valence-corrected chi connectivity index (χ2v) is 12.4. The fraction of sp³-hybridized carbons (Fsp3) is 0.514. The number of aliphatic hydroxyl groups is 1. The average Bonchev–Trinajstić information content (AvgIpc) is 3.54. The van der Waals surface area contributed by atoms with Crippen LogP contribution < -0.4 is 15.0 Å². The number of rotatable bonds is 19. The van der Waals surface area contributed by atoms with E-state index in [-0.39, 0.29) is 18.3 Å². The van der Waals surface area contributed by atoms with Crippen molar-refractivity contribution in [2.45, 2.75) is 108 Å². The fourth-order valence-electron chi connectivity index (χ4n) is 5.42. The van der Waals surface area contributed by atoms with E-state index in [2.05, 4.69) is 12.2 Å². The molecule has 2 aromatic carbocycles. The van der Waals surface area contributed by atoms with Crippen molar-refractivity contribution in [3.63, 3.8) is 0 Å². The van der Waals surface area contributed by atoms with Crippen LogP contribution in [0, 0.1) is 5.82 Å². The molecule has 0 fully saturated rings. The highest BCUT2D eigenvalue weighted by atomic mass is 32.2. The number of hydrogen-bond donors (Lipinski definition) is 2. The van der Waals surface area contributed by atoms with Gasteiger partial charge in [0.25, 0.3) is 5.91 Å². The lowest BCUT2D eigenvalue weighted by molar-refractivity contribution is 0.0948. The Kier molecular flexibility index (Phi) is 13.8. The van der Waals surface area contributed by atoms with Crippen LogP contribution in [0.1, 0.15) is 106 Å². The van der Waals surface area contributed by atoms with Crippen LogP contribution in [0.5, 0.6) is 5.75 Å². The Morgan fingerprint density at radius 1 is 1.00 bits per heavy atom. The first-order valence-electron chi connectivity index (χ1n) is 16.0. The lowest BCUT2D eigenvalue weighted by Gasteiger charge is -2.36. The average molecular weight is 611 g/mol. The number of fused-ring (bicyclic) bond motifs is 1. The third-order valence-electron chi connectivity index (χ3n) is 7.94. The predicted molar refractivity (Wildman–Crippen MR) is 172 cm³/mol. The zero-order chi connectivity index (χ0) is 30.3. The Hall–Kier alpha value is -2.97. The monoisotopic (exact) mass is 610 g/mol. The van der Waals surface area contributed by atoms with Gasteiger partial charge in [-0.2, -0.15) is 0 Å². The lowest BCUT2D eigenvalue weighted by atomic mass is 10.1. The van der Waals surface area contributed by atoms with E-state index in [0.717, 1.165) is 23.4 Å². The molecule has 1 unspecified atom stereocenters.